The molecular formula is C15H11NO10. The molecule has 1 aromatic carbocycles. The number of hydrogen-bond donors (Lipinski definition) is 0. The molecule has 0 aliphatic heterocycles. The summed E-state index contributed by atoms with van der Waals surface area (Å²) in [7, 11) is 1.10. The molecule has 11 nitrogen and oxygen atoms in total. The van der Waals surface area contributed by atoms with Crippen LogP contribution in [0.25, 0.3) is 0 Å². The van der Waals surface area contributed by atoms with Gasteiger partial charge in [-0.2, -0.15) is 0 Å². The van der Waals surface area contributed by atoms with E-state index in [1.54, 1.807) is 0 Å². The second kappa shape index (κ2) is 10.0. The number of nitro benzene ring substituents is 1. The molecule has 0 unspecified atom stereocenters. The Morgan fingerprint density at radius 1 is 1.23 bits per heavy atom. The summed E-state index contributed by atoms with van der Waals surface area (Å²) in [5, 5.41) is 11.0. The molecule has 0 radical (unpaired) electrons. The lowest BCUT2D eigenvalue weighted by Gasteiger charge is -2.05. The fraction of sp³-hybridized carbons (Fsp3) is 0.133. The molecule has 0 saturated heterocycles. The van der Waals surface area contributed by atoms with Gasteiger partial charge in [-0.1, -0.05) is 0 Å². The summed E-state index contributed by atoms with van der Waals surface area (Å²) >= 11 is 0. The van der Waals surface area contributed by atoms with Crippen molar-refractivity contribution in [2.75, 3.05) is 13.7 Å². The van der Waals surface area contributed by atoms with E-state index in [1.165, 1.54) is 5.94 Å². The molecule has 1 aromatic rings. The van der Waals surface area contributed by atoms with Gasteiger partial charge >= 0.3 is 23.6 Å². The van der Waals surface area contributed by atoms with Gasteiger partial charge in [0.1, 0.15) is 12.5 Å². The SMILES string of the molecule is COC(=O)c1ccc(OOC(=O)/C=C/C(=O)OCC=C=O)c([N+](=O)[O-])c1. The first-order valence-corrected chi connectivity index (χ1v) is 6.68. The van der Waals surface area contributed by atoms with E-state index in [0.29, 0.717) is 12.2 Å². The van der Waals surface area contributed by atoms with Crippen molar-refractivity contribution >= 4 is 29.5 Å². The number of nitrogens with zero attached hydrogens (tertiary/aromatic N) is 1. The Morgan fingerprint density at radius 2 is 1.92 bits per heavy atom. The quantitative estimate of drug-likeness (QED) is 0.161. The highest BCUT2D eigenvalue weighted by atomic mass is 17.2. The number of methoxy groups -OCH3 is 1. The third kappa shape index (κ3) is 6.26. The number of hydrogen-bond acceptors (Lipinski definition) is 10. The highest BCUT2D eigenvalue weighted by molar-refractivity contribution is 5.92. The summed E-state index contributed by atoms with van der Waals surface area (Å²) in [4.78, 5) is 62.7. The van der Waals surface area contributed by atoms with E-state index in [9.17, 15) is 29.3 Å². The molecule has 1 rings (SSSR count). The van der Waals surface area contributed by atoms with Gasteiger partial charge in [-0.3, -0.25) is 15.0 Å². The molecule has 0 spiro atoms. The van der Waals surface area contributed by atoms with Crippen LogP contribution < -0.4 is 4.89 Å². The maximum Gasteiger partial charge on any atom is 0.379 e. The van der Waals surface area contributed by atoms with Crippen molar-refractivity contribution in [3.63, 3.8) is 0 Å². The number of ether oxygens (including phenoxy) is 2. The monoisotopic (exact) mass is 365 g/mol. The van der Waals surface area contributed by atoms with Gasteiger partial charge < -0.3 is 9.47 Å². The van der Waals surface area contributed by atoms with Crippen LogP contribution in [-0.4, -0.2) is 42.5 Å². The Kier molecular flexibility index (Phi) is 7.72. The number of carbonyl (C=O) groups is 3. The van der Waals surface area contributed by atoms with Crippen molar-refractivity contribution in [1.82, 2.24) is 0 Å². The zero-order chi connectivity index (χ0) is 19.5. The predicted octanol–water partition coefficient (Wildman–Crippen LogP) is 0.706. The van der Waals surface area contributed by atoms with Crippen molar-refractivity contribution < 1.29 is 43.4 Å². The van der Waals surface area contributed by atoms with Crippen LogP contribution in [0.3, 0.4) is 0 Å². The topological polar surface area (TPSA) is 148 Å². The lowest BCUT2D eigenvalue weighted by molar-refractivity contribution is -0.387. The van der Waals surface area contributed by atoms with Crippen LogP contribution in [0.15, 0.2) is 36.4 Å². The van der Waals surface area contributed by atoms with Gasteiger partial charge in [0.25, 0.3) is 5.75 Å². The van der Waals surface area contributed by atoms with Crippen molar-refractivity contribution in [3.05, 3.63) is 52.1 Å². The van der Waals surface area contributed by atoms with Crippen molar-refractivity contribution in [2.24, 2.45) is 0 Å². The van der Waals surface area contributed by atoms with E-state index >= 15 is 0 Å². The summed E-state index contributed by atoms with van der Waals surface area (Å²) in [5.41, 5.74) is -0.755. The van der Waals surface area contributed by atoms with Crippen LogP contribution in [-0.2, 0) is 28.7 Å². The molecule has 136 valence electrons. The maximum atomic E-state index is 11.4. The van der Waals surface area contributed by atoms with E-state index in [1.807, 2.05) is 0 Å². The van der Waals surface area contributed by atoms with E-state index in [-0.39, 0.29) is 12.2 Å². The highest BCUT2D eigenvalue weighted by Gasteiger charge is 2.21. The van der Waals surface area contributed by atoms with Crippen molar-refractivity contribution in [3.8, 4) is 5.75 Å². The van der Waals surface area contributed by atoms with Gasteiger partial charge in [-0.25, -0.2) is 24.1 Å². The highest BCUT2D eigenvalue weighted by Crippen LogP contribution is 2.28. The van der Waals surface area contributed by atoms with E-state index < -0.39 is 34.3 Å². The Labute approximate surface area is 145 Å². The number of benzene rings is 1. The van der Waals surface area contributed by atoms with Gasteiger partial charge in [-0.15, -0.1) is 0 Å². The van der Waals surface area contributed by atoms with Crippen LogP contribution in [0.4, 0.5) is 5.69 Å². The Morgan fingerprint density at radius 3 is 2.54 bits per heavy atom. The van der Waals surface area contributed by atoms with E-state index in [0.717, 1.165) is 31.4 Å². The van der Waals surface area contributed by atoms with Crippen LogP contribution in [0.1, 0.15) is 10.4 Å². The molecule has 0 aliphatic carbocycles. The molecule has 0 saturated carbocycles. The van der Waals surface area contributed by atoms with E-state index in [4.69, 9.17) is 0 Å². The Balaban J connectivity index is 2.72. The lowest BCUT2D eigenvalue weighted by Crippen LogP contribution is -2.09. The fourth-order valence-corrected chi connectivity index (χ4v) is 1.43. The molecular weight excluding hydrogens is 354 g/mol. The number of carbonyl (C=O) groups excluding carboxylic acids is 4. The van der Waals surface area contributed by atoms with Gasteiger partial charge in [0.05, 0.1) is 17.6 Å². The normalized spacial score (nSPS) is 9.73. The average molecular weight is 365 g/mol. The molecule has 26 heavy (non-hydrogen) atoms. The predicted molar refractivity (Wildman–Crippen MR) is 81.5 cm³/mol. The largest absolute Gasteiger partial charge is 0.465 e. The molecule has 0 aliphatic rings. The van der Waals surface area contributed by atoms with Gasteiger partial charge in [0.2, 0.25) is 0 Å². The van der Waals surface area contributed by atoms with Gasteiger partial charge in [0.15, 0.2) is 0 Å². The first-order chi connectivity index (χ1) is 12.4. The third-order valence-electron chi connectivity index (χ3n) is 2.54. The van der Waals surface area contributed by atoms with E-state index in [2.05, 4.69) is 19.2 Å². The van der Waals surface area contributed by atoms with Crippen molar-refractivity contribution in [2.45, 2.75) is 0 Å². The molecule has 0 fully saturated rings. The van der Waals surface area contributed by atoms with Crippen LogP contribution >= 0.6 is 0 Å². The second-order valence-corrected chi connectivity index (χ2v) is 4.20. The van der Waals surface area contributed by atoms with Crippen LogP contribution in [0, 0.1) is 10.1 Å². The smallest absolute Gasteiger partial charge is 0.379 e. The Hall–Kier alpha value is -3.98. The van der Waals surface area contributed by atoms with Crippen LogP contribution in [0.5, 0.6) is 5.75 Å². The summed E-state index contributed by atoms with van der Waals surface area (Å²) in [6, 6.07) is 3.07. The fourth-order valence-electron chi connectivity index (χ4n) is 1.43. The summed E-state index contributed by atoms with van der Waals surface area (Å²) < 4.78 is 8.90. The molecule has 0 aromatic heterocycles. The third-order valence-corrected chi connectivity index (χ3v) is 2.54. The molecule has 0 bridgehead atoms. The van der Waals surface area contributed by atoms with Crippen molar-refractivity contribution in [1.29, 1.82) is 0 Å². The maximum absolute atomic E-state index is 11.4. The minimum atomic E-state index is -1.17. The molecule has 11 heteroatoms. The minimum absolute atomic E-state index is 0.107. The first kappa shape index (κ1) is 20.1. The van der Waals surface area contributed by atoms with Gasteiger partial charge in [-0.05, 0) is 12.1 Å². The Bertz CT molecular complexity index is 792. The number of esters is 2. The minimum Gasteiger partial charge on any atom is -0.465 e. The number of nitro groups is 1. The average Bonchev–Trinajstić information content (AvgIpc) is 2.64. The first-order valence-electron chi connectivity index (χ1n) is 6.68. The number of rotatable bonds is 8. The summed E-state index contributed by atoms with van der Waals surface area (Å²) in [5.74, 6) is -1.99. The molecule has 0 atom stereocenters. The van der Waals surface area contributed by atoms with Crippen LogP contribution in [0.2, 0.25) is 0 Å². The standard InChI is InChI=1S/C15H11NO10/c1-23-15(20)10-3-4-12(11(9-10)16(21)22)25-26-14(19)6-5-13(18)24-8-2-7-17/h2-6,9H,8H2,1H3/b6-5+. The lowest BCUT2D eigenvalue weighted by atomic mass is 10.2. The second-order valence-electron chi connectivity index (χ2n) is 4.20. The summed E-state index contributed by atoms with van der Waals surface area (Å²) in [6.07, 6.45) is 2.24. The molecule has 0 heterocycles. The summed E-state index contributed by atoms with van der Waals surface area (Å²) in [6.45, 7) is -0.322. The molecule has 0 N–H and O–H groups in total. The van der Waals surface area contributed by atoms with Gasteiger partial charge in [0, 0.05) is 24.3 Å². The zero-order valence-corrected chi connectivity index (χ0v) is 13.2. The molecule has 0 amide bonds. The zero-order valence-electron chi connectivity index (χ0n) is 13.2.